The van der Waals surface area contributed by atoms with Crippen molar-refractivity contribution in [3.05, 3.63) is 0 Å². The summed E-state index contributed by atoms with van der Waals surface area (Å²) in [4.78, 5) is 15.3. The largest absolute Gasteiger partial charge is 0.346 e. The van der Waals surface area contributed by atoms with Crippen LogP contribution >= 0.6 is 0 Å². The Kier molecular flexibility index (Phi) is 5.69. The van der Waals surface area contributed by atoms with E-state index >= 15 is 0 Å². The van der Waals surface area contributed by atoms with Gasteiger partial charge in [-0.15, -0.1) is 0 Å². The Morgan fingerprint density at radius 2 is 1.87 bits per heavy atom. The number of hydrogen-bond acceptors (Lipinski definition) is 2. The molecule has 1 fully saturated rings. The Morgan fingerprint density at radius 3 is 2.47 bits per heavy atom. The molecule has 0 aromatic carbocycles. The average molecular weight is 212 g/mol. The van der Waals surface area contributed by atoms with Crippen LogP contribution in [-0.2, 0) is 4.79 Å². The summed E-state index contributed by atoms with van der Waals surface area (Å²) < 4.78 is 0. The zero-order chi connectivity index (χ0) is 11.1. The highest BCUT2D eigenvalue weighted by atomic mass is 16.2. The maximum atomic E-state index is 10.9. The summed E-state index contributed by atoms with van der Waals surface area (Å²) >= 11 is 0. The van der Waals surface area contributed by atoms with Gasteiger partial charge >= 0.3 is 0 Å². The van der Waals surface area contributed by atoms with Crippen LogP contribution in [0.5, 0.6) is 0 Å². The highest BCUT2D eigenvalue weighted by Crippen LogP contribution is 2.09. The van der Waals surface area contributed by atoms with Crippen LogP contribution < -0.4 is 0 Å². The van der Waals surface area contributed by atoms with Gasteiger partial charge < -0.3 is 9.80 Å². The number of rotatable bonds is 6. The quantitative estimate of drug-likeness (QED) is 0.626. The van der Waals surface area contributed by atoms with E-state index in [9.17, 15) is 4.79 Å². The number of hydrogen-bond donors (Lipinski definition) is 0. The van der Waals surface area contributed by atoms with Gasteiger partial charge in [0, 0.05) is 20.5 Å². The van der Waals surface area contributed by atoms with Gasteiger partial charge in [-0.1, -0.05) is 6.42 Å². The molecule has 1 aliphatic rings. The van der Waals surface area contributed by atoms with E-state index in [2.05, 4.69) is 4.90 Å². The zero-order valence-electron chi connectivity index (χ0n) is 10.2. The third kappa shape index (κ3) is 5.17. The molecule has 0 spiro atoms. The number of carbonyl (C=O) groups is 1. The second kappa shape index (κ2) is 6.83. The van der Waals surface area contributed by atoms with Gasteiger partial charge in [0.2, 0.25) is 5.91 Å². The van der Waals surface area contributed by atoms with Crippen molar-refractivity contribution in [2.24, 2.45) is 0 Å². The molecule has 0 aromatic heterocycles. The third-order valence-corrected chi connectivity index (χ3v) is 3.20. The molecule has 0 bridgehead atoms. The van der Waals surface area contributed by atoms with Crippen LogP contribution in [0.3, 0.4) is 0 Å². The lowest BCUT2D eigenvalue weighted by atomic mass is 10.2. The molecule has 0 N–H and O–H groups in total. The van der Waals surface area contributed by atoms with Crippen molar-refractivity contribution in [2.45, 2.75) is 39.0 Å². The fraction of sp³-hybridized carbons (Fsp3) is 0.917. The van der Waals surface area contributed by atoms with Crippen LogP contribution in [-0.4, -0.2) is 48.9 Å². The molecule has 88 valence electrons. The standard InChI is InChI=1S/C12H24N2O/c1-12(15)13(2)8-4-3-5-9-14-10-6-7-11-14/h3-11H2,1-2H3. The van der Waals surface area contributed by atoms with Crippen molar-refractivity contribution in [1.82, 2.24) is 9.80 Å². The van der Waals surface area contributed by atoms with Gasteiger partial charge in [0.1, 0.15) is 0 Å². The summed E-state index contributed by atoms with van der Waals surface area (Å²) in [5.74, 6) is 0.176. The zero-order valence-corrected chi connectivity index (χ0v) is 10.2. The van der Waals surface area contributed by atoms with Crippen molar-refractivity contribution in [3.63, 3.8) is 0 Å². The molecule has 0 unspecified atom stereocenters. The third-order valence-electron chi connectivity index (χ3n) is 3.20. The second-order valence-electron chi connectivity index (χ2n) is 4.55. The topological polar surface area (TPSA) is 23.6 Å². The minimum Gasteiger partial charge on any atom is -0.346 e. The van der Waals surface area contributed by atoms with Crippen LogP contribution in [0, 0.1) is 0 Å². The Labute approximate surface area is 93.4 Å². The maximum absolute atomic E-state index is 10.9. The van der Waals surface area contributed by atoms with E-state index in [1.807, 2.05) is 7.05 Å². The molecule has 3 heteroatoms. The van der Waals surface area contributed by atoms with E-state index in [1.54, 1.807) is 11.8 Å². The fourth-order valence-corrected chi connectivity index (χ4v) is 2.02. The lowest BCUT2D eigenvalue weighted by Crippen LogP contribution is -2.25. The van der Waals surface area contributed by atoms with Crippen LogP contribution in [0.25, 0.3) is 0 Å². The van der Waals surface area contributed by atoms with E-state index in [1.165, 1.54) is 45.3 Å². The summed E-state index contributed by atoms with van der Waals surface area (Å²) in [7, 11) is 1.88. The first kappa shape index (κ1) is 12.5. The average Bonchev–Trinajstić information content (AvgIpc) is 2.69. The van der Waals surface area contributed by atoms with Crippen LogP contribution in [0.15, 0.2) is 0 Å². The minimum atomic E-state index is 0.176. The van der Waals surface area contributed by atoms with Crippen LogP contribution in [0.1, 0.15) is 39.0 Å². The SMILES string of the molecule is CC(=O)N(C)CCCCCN1CCCC1. The Balaban J connectivity index is 1.90. The normalized spacial score (nSPS) is 16.9. The van der Waals surface area contributed by atoms with Crippen molar-refractivity contribution >= 4 is 5.91 Å². The highest BCUT2D eigenvalue weighted by molar-refractivity contribution is 5.72. The molecule has 1 rings (SSSR count). The minimum absolute atomic E-state index is 0.176. The molecule has 0 aromatic rings. The molecular formula is C12H24N2O. The van der Waals surface area contributed by atoms with E-state index in [-0.39, 0.29) is 5.91 Å². The predicted octanol–water partition coefficient (Wildman–Crippen LogP) is 1.73. The number of nitrogens with zero attached hydrogens (tertiary/aromatic N) is 2. The molecule has 0 saturated carbocycles. The van der Waals surface area contributed by atoms with Gasteiger partial charge in [0.15, 0.2) is 0 Å². The number of carbonyl (C=O) groups excluding carboxylic acids is 1. The van der Waals surface area contributed by atoms with Gasteiger partial charge in [0.05, 0.1) is 0 Å². The van der Waals surface area contributed by atoms with E-state index in [4.69, 9.17) is 0 Å². The molecule has 0 aliphatic carbocycles. The van der Waals surface area contributed by atoms with Crippen molar-refractivity contribution in [3.8, 4) is 0 Å². The molecule has 1 aliphatic heterocycles. The molecule has 0 atom stereocenters. The summed E-state index contributed by atoms with van der Waals surface area (Å²) in [5.41, 5.74) is 0. The molecular weight excluding hydrogens is 188 g/mol. The lowest BCUT2D eigenvalue weighted by Gasteiger charge is -2.16. The summed E-state index contributed by atoms with van der Waals surface area (Å²) in [5, 5.41) is 0. The van der Waals surface area contributed by atoms with E-state index in [0.29, 0.717) is 0 Å². The van der Waals surface area contributed by atoms with Gasteiger partial charge in [-0.05, 0) is 45.3 Å². The van der Waals surface area contributed by atoms with E-state index in [0.717, 1.165) is 13.0 Å². The monoisotopic (exact) mass is 212 g/mol. The fourth-order valence-electron chi connectivity index (χ4n) is 2.02. The molecule has 1 heterocycles. The first-order chi connectivity index (χ1) is 7.20. The predicted molar refractivity (Wildman–Crippen MR) is 62.8 cm³/mol. The molecule has 15 heavy (non-hydrogen) atoms. The summed E-state index contributed by atoms with van der Waals surface area (Å²) in [6.45, 7) is 6.39. The molecule has 3 nitrogen and oxygen atoms in total. The summed E-state index contributed by atoms with van der Waals surface area (Å²) in [6, 6.07) is 0. The molecule has 1 amide bonds. The number of unbranched alkanes of at least 4 members (excludes halogenated alkanes) is 2. The number of likely N-dealkylation sites (tertiary alicyclic amines) is 1. The smallest absolute Gasteiger partial charge is 0.219 e. The van der Waals surface area contributed by atoms with Crippen LogP contribution in [0.2, 0.25) is 0 Å². The highest BCUT2D eigenvalue weighted by Gasteiger charge is 2.10. The van der Waals surface area contributed by atoms with Crippen molar-refractivity contribution in [1.29, 1.82) is 0 Å². The first-order valence-corrected chi connectivity index (χ1v) is 6.14. The molecule has 1 saturated heterocycles. The second-order valence-corrected chi connectivity index (χ2v) is 4.55. The Hall–Kier alpha value is -0.570. The van der Waals surface area contributed by atoms with Crippen LogP contribution in [0.4, 0.5) is 0 Å². The van der Waals surface area contributed by atoms with E-state index < -0.39 is 0 Å². The van der Waals surface area contributed by atoms with Gasteiger partial charge in [-0.3, -0.25) is 4.79 Å². The van der Waals surface area contributed by atoms with Crippen molar-refractivity contribution in [2.75, 3.05) is 33.2 Å². The molecule has 0 radical (unpaired) electrons. The summed E-state index contributed by atoms with van der Waals surface area (Å²) in [6.07, 6.45) is 6.43. The number of amides is 1. The lowest BCUT2D eigenvalue weighted by molar-refractivity contribution is -0.127. The maximum Gasteiger partial charge on any atom is 0.219 e. The van der Waals surface area contributed by atoms with Gasteiger partial charge in [-0.25, -0.2) is 0 Å². The van der Waals surface area contributed by atoms with Gasteiger partial charge in [0.25, 0.3) is 0 Å². The van der Waals surface area contributed by atoms with Gasteiger partial charge in [-0.2, -0.15) is 0 Å². The first-order valence-electron chi connectivity index (χ1n) is 6.14. The Morgan fingerprint density at radius 1 is 1.20 bits per heavy atom. The Bertz CT molecular complexity index is 188. The van der Waals surface area contributed by atoms with Crippen molar-refractivity contribution < 1.29 is 4.79 Å².